The molecular weight excluding hydrogens is 609 g/mol. The second kappa shape index (κ2) is 14.0. The molecule has 1 unspecified atom stereocenters. The minimum atomic E-state index is -1.64. The van der Waals surface area contributed by atoms with Crippen LogP contribution in [0.1, 0.15) is 31.7 Å². The number of aliphatic hydroxyl groups is 4. The Balaban J connectivity index is 1.41. The van der Waals surface area contributed by atoms with Crippen LogP contribution in [0.5, 0.6) is 0 Å². The Kier molecular flexibility index (Phi) is 10.5. The summed E-state index contributed by atoms with van der Waals surface area (Å²) in [6.07, 6.45) is -1.16. The zero-order chi connectivity index (χ0) is 31.6. The topological polar surface area (TPSA) is 160 Å². The molecule has 3 saturated heterocycles. The molecule has 3 aliphatic heterocycles. The summed E-state index contributed by atoms with van der Waals surface area (Å²) in [5, 5.41) is 50.9. The lowest BCUT2D eigenvalue weighted by Crippen LogP contribution is -2.58. The zero-order valence-corrected chi connectivity index (χ0v) is 24.9. The molecule has 2 aromatic rings. The maximum absolute atomic E-state index is 13.9. The van der Waals surface area contributed by atoms with Crippen molar-refractivity contribution in [3.8, 4) is 11.3 Å². The van der Waals surface area contributed by atoms with Crippen molar-refractivity contribution in [3.63, 3.8) is 0 Å². The number of halogens is 3. The van der Waals surface area contributed by atoms with Crippen LogP contribution in [0.4, 0.5) is 13.2 Å². The molecule has 1 aromatic carbocycles. The van der Waals surface area contributed by atoms with E-state index >= 15 is 0 Å². The third-order valence-corrected chi connectivity index (χ3v) is 10.1. The quantitative estimate of drug-likeness (QED) is 0.287. The van der Waals surface area contributed by atoms with Crippen LogP contribution >= 0.6 is 11.8 Å². The van der Waals surface area contributed by atoms with Gasteiger partial charge in [0.05, 0.1) is 18.4 Å². The Morgan fingerprint density at radius 1 is 1.11 bits per heavy atom. The van der Waals surface area contributed by atoms with E-state index in [1.165, 1.54) is 6.20 Å². The average Bonchev–Trinajstić information content (AvgIpc) is 3.49. The third kappa shape index (κ3) is 6.92. The first-order chi connectivity index (χ1) is 21.0. The van der Waals surface area contributed by atoms with Crippen molar-refractivity contribution < 1.29 is 52.6 Å². The summed E-state index contributed by atoms with van der Waals surface area (Å²) in [6.45, 7) is 1.47. The summed E-state index contributed by atoms with van der Waals surface area (Å²) in [5.41, 5.74) is -2.93. The van der Waals surface area contributed by atoms with Crippen molar-refractivity contribution >= 4 is 17.7 Å². The van der Waals surface area contributed by atoms with Gasteiger partial charge in [-0.3, -0.25) is 4.79 Å². The molecule has 3 aliphatic rings. The third-order valence-electron chi connectivity index (χ3n) is 8.53. The minimum Gasteiger partial charge on any atom is -0.394 e. The van der Waals surface area contributed by atoms with Gasteiger partial charge in [0.15, 0.2) is 17.5 Å². The van der Waals surface area contributed by atoms with Gasteiger partial charge in [-0.15, -0.1) is 16.9 Å². The fourth-order valence-electron chi connectivity index (χ4n) is 5.89. The van der Waals surface area contributed by atoms with Crippen molar-refractivity contribution in [2.75, 3.05) is 46.6 Å². The van der Waals surface area contributed by atoms with E-state index < -0.39 is 64.7 Å². The van der Waals surface area contributed by atoms with Crippen LogP contribution in [0.3, 0.4) is 0 Å². The summed E-state index contributed by atoms with van der Waals surface area (Å²) < 4.78 is 59.0. The molecule has 4 N–H and O–H groups in total. The summed E-state index contributed by atoms with van der Waals surface area (Å²) in [5.74, 6) is -4.64. The highest BCUT2D eigenvalue weighted by Gasteiger charge is 2.51. The maximum atomic E-state index is 13.9. The highest BCUT2D eigenvalue weighted by atomic mass is 32.2. The molecule has 0 spiro atoms. The van der Waals surface area contributed by atoms with E-state index in [0.717, 1.165) is 41.4 Å². The smallest absolute Gasteiger partial charge is 0.238 e. The first kappa shape index (κ1) is 33.1. The molecule has 244 valence electrons. The number of carbonyl (C=O) groups is 1. The SMILES string of the molecule is CN(CC1CCOCC1)C(=O)C(S[C@@H]1O[C@H](CO)[C@H](O)[C@H](n2cc(-c3cc(F)c(F)c(F)c3)nn2)[C@H]1O)C1(O)CCOCC1. The summed E-state index contributed by atoms with van der Waals surface area (Å²) in [7, 11) is 1.66. The molecule has 4 heterocycles. The lowest BCUT2D eigenvalue weighted by molar-refractivity contribution is -0.179. The van der Waals surface area contributed by atoms with Crippen LogP contribution in [0.25, 0.3) is 11.3 Å². The molecule has 1 aromatic heterocycles. The number of ether oxygens (including phenoxy) is 3. The number of nitrogens with zero attached hydrogens (tertiary/aromatic N) is 4. The van der Waals surface area contributed by atoms with E-state index in [1.807, 2.05) is 0 Å². The summed E-state index contributed by atoms with van der Waals surface area (Å²) >= 11 is 0.888. The fourth-order valence-corrected chi connectivity index (χ4v) is 7.48. The minimum absolute atomic E-state index is 0.0715. The molecule has 0 saturated carbocycles. The highest BCUT2D eigenvalue weighted by Crippen LogP contribution is 2.42. The largest absolute Gasteiger partial charge is 0.394 e. The van der Waals surface area contributed by atoms with Crippen molar-refractivity contribution in [3.05, 3.63) is 35.8 Å². The van der Waals surface area contributed by atoms with E-state index in [1.54, 1.807) is 11.9 Å². The number of aliphatic hydroxyl groups excluding tert-OH is 3. The van der Waals surface area contributed by atoms with E-state index in [2.05, 4.69) is 10.3 Å². The molecule has 16 heteroatoms. The van der Waals surface area contributed by atoms with Crippen LogP contribution < -0.4 is 0 Å². The van der Waals surface area contributed by atoms with Crippen molar-refractivity contribution in [1.29, 1.82) is 0 Å². The van der Waals surface area contributed by atoms with Crippen molar-refractivity contribution in [1.82, 2.24) is 19.9 Å². The predicted octanol–water partition coefficient (Wildman–Crippen LogP) is 0.871. The molecule has 12 nitrogen and oxygen atoms in total. The molecule has 0 aliphatic carbocycles. The monoisotopic (exact) mass is 646 g/mol. The van der Waals surface area contributed by atoms with E-state index in [-0.39, 0.29) is 49.1 Å². The first-order valence-electron chi connectivity index (χ1n) is 14.5. The number of benzene rings is 1. The van der Waals surface area contributed by atoms with E-state index in [4.69, 9.17) is 14.2 Å². The molecule has 6 atom stereocenters. The second-order valence-electron chi connectivity index (χ2n) is 11.5. The number of rotatable bonds is 9. The number of amides is 1. The molecule has 1 amide bonds. The standard InChI is InChI=1S/C28H37F3N4O8S/c1-34(12-15-2-6-41-7-3-15)26(39)25(28(40)4-8-42-9-5-28)44-27-24(38)22(23(37)20(14-36)43-27)35-13-19(32-33-35)16-10-17(29)21(31)18(30)11-16/h10-11,13,15,20,22-25,27,36-38,40H,2-9,12,14H2,1H3/t20-,22+,23+,24-,25?,27+/m1/s1. The molecule has 3 fully saturated rings. The average molecular weight is 647 g/mol. The van der Waals surface area contributed by atoms with Crippen molar-refractivity contribution in [2.24, 2.45) is 5.92 Å². The highest BCUT2D eigenvalue weighted by molar-refractivity contribution is 8.01. The zero-order valence-electron chi connectivity index (χ0n) is 24.1. The van der Waals surface area contributed by atoms with Gasteiger partial charge in [0.2, 0.25) is 5.91 Å². The van der Waals surface area contributed by atoms with Gasteiger partial charge in [-0.05, 0) is 30.9 Å². The van der Waals surface area contributed by atoms with Crippen LogP contribution in [-0.2, 0) is 19.0 Å². The van der Waals surface area contributed by atoms with E-state index in [0.29, 0.717) is 19.8 Å². The van der Waals surface area contributed by atoms with Gasteiger partial charge in [0.1, 0.15) is 40.7 Å². The number of hydrogen-bond acceptors (Lipinski definition) is 11. The summed E-state index contributed by atoms with van der Waals surface area (Å²) in [6, 6.07) is 0.191. The van der Waals surface area contributed by atoms with Crippen LogP contribution in [0.2, 0.25) is 0 Å². The Bertz CT molecular complexity index is 1270. The van der Waals surface area contributed by atoms with Gasteiger partial charge in [0.25, 0.3) is 0 Å². The molecule has 0 radical (unpaired) electrons. The first-order valence-corrected chi connectivity index (χ1v) is 15.4. The predicted molar refractivity (Wildman–Crippen MR) is 150 cm³/mol. The molecule has 44 heavy (non-hydrogen) atoms. The lowest BCUT2D eigenvalue weighted by Gasteiger charge is -2.45. The normalized spacial score (nSPS) is 28.5. The number of carbonyl (C=O) groups excluding carboxylic acids is 1. The Morgan fingerprint density at radius 3 is 2.39 bits per heavy atom. The number of aromatic nitrogens is 3. The van der Waals surface area contributed by atoms with E-state index in [9.17, 15) is 38.4 Å². The second-order valence-corrected chi connectivity index (χ2v) is 12.7. The molecular formula is C28H37F3N4O8S. The van der Waals surface area contributed by atoms with Gasteiger partial charge in [0, 0.05) is 58.4 Å². The van der Waals surface area contributed by atoms with Crippen LogP contribution in [0, 0.1) is 23.4 Å². The lowest BCUT2D eigenvalue weighted by atomic mass is 9.89. The van der Waals surface area contributed by atoms with Crippen LogP contribution in [-0.4, -0.2) is 127 Å². The Labute approximate surface area is 256 Å². The van der Waals surface area contributed by atoms with Gasteiger partial charge in [-0.2, -0.15) is 0 Å². The van der Waals surface area contributed by atoms with Gasteiger partial charge in [-0.25, -0.2) is 17.9 Å². The fraction of sp³-hybridized carbons (Fsp3) is 0.679. The maximum Gasteiger partial charge on any atom is 0.238 e. The molecule has 0 bridgehead atoms. The number of thioether (sulfide) groups is 1. The van der Waals surface area contributed by atoms with Gasteiger partial charge >= 0.3 is 0 Å². The molecule has 5 rings (SSSR count). The Morgan fingerprint density at radius 2 is 1.75 bits per heavy atom. The summed E-state index contributed by atoms with van der Waals surface area (Å²) in [4.78, 5) is 15.5. The Hall–Kier alpha value is -2.31. The van der Waals surface area contributed by atoms with Gasteiger partial charge in [-0.1, -0.05) is 5.21 Å². The van der Waals surface area contributed by atoms with Gasteiger partial charge < -0.3 is 39.5 Å². The van der Waals surface area contributed by atoms with Crippen LogP contribution in [0.15, 0.2) is 18.3 Å². The number of hydrogen-bond donors (Lipinski definition) is 4. The van der Waals surface area contributed by atoms with Crippen molar-refractivity contribution in [2.45, 2.75) is 66.3 Å².